The van der Waals surface area contributed by atoms with Crippen molar-refractivity contribution in [3.8, 4) is 0 Å². The second kappa shape index (κ2) is 4.40. The predicted molar refractivity (Wildman–Crippen MR) is 66.5 cm³/mol. The minimum atomic E-state index is 0.548. The van der Waals surface area contributed by atoms with E-state index in [2.05, 4.69) is 20.4 Å². The van der Waals surface area contributed by atoms with Gasteiger partial charge in [-0.3, -0.25) is 4.68 Å². The van der Waals surface area contributed by atoms with Crippen LogP contribution in [0.4, 0.5) is 11.5 Å². The fourth-order valence-corrected chi connectivity index (χ4v) is 1.73. The summed E-state index contributed by atoms with van der Waals surface area (Å²) in [5.41, 5.74) is 9.64. The quantitative estimate of drug-likeness (QED) is 0.825. The molecular formula is C11H16N6. The summed E-state index contributed by atoms with van der Waals surface area (Å²) >= 11 is 0. The highest BCUT2D eigenvalue weighted by atomic mass is 15.3. The fraction of sp³-hybridized carbons (Fsp3) is 0.364. The van der Waals surface area contributed by atoms with E-state index in [4.69, 9.17) is 5.73 Å². The van der Waals surface area contributed by atoms with Crippen molar-refractivity contribution in [3.05, 3.63) is 29.5 Å². The van der Waals surface area contributed by atoms with Crippen molar-refractivity contribution in [2.45, 2.75) is 20.4 Å². The second-order valence-corrected chi connectivity index (χ2v) is 3.95. The van der Waals surface area contributed by atoms with Crippen LogP contribution in [-0.4, -0.2) is 19.7 Å². The van der Waals surface area contributed by atoms with Crippen LogP contribution in [0.3, 0.4) is 0 Å². The van der Waals surface area contributed by atoms with Gasteiger partial charge in [-0.15, -0.1) is 0 Å². The minimum Gasteiger partial charge on any atom is -0.394 e. The summed E-state index contributed by atoms with van der Waals surface area (Å²) in [6.45, 7) is 4.69. The van der Waals surface area contributed by atoms with Gasteiger partial charge in [0.15, 0.2) is 5.82 Å². The summed E-state index contributed by atoms with van der Waals surface area (Å²) in [5, 5.41) is 7.55. The number of nitrogen functional groups attached to an aromatic ring is 1. The largest absolute Gasteiger partial charge is 0.394 e. The number of aryl methyl sites for hydroxylation is 2. The van der Waals surface area contributed by atoms with Crippen molar-refractivity contribution in [1.29, 1.82) is 0 Å². The molecule has 0 aliphatic rings. The molecule has 0 amide bonds. The third-order valence-electron chi connectivity index (χ3n) is 2.83. The Morgan fingerprint density at radius 3 is 2.76 bits per heavy atom. The minimum absolute atomic E-state index is 0.548. The van der Waals surface area contributed by atoms with E-state index in [9.17, 15) is 0 Å². The predicted octanol–water partition coefficient (Wildman–Crippen LogP) is 1.02. The number of rotatable bonds is 3. The monoisotopic (exact) mass is 232 g/mol. The van der Waals surface area contributed by atoms with Gasteiger partial charge in [0.05, 0.1) is 17.6 Å². The Bertz CT molecular complexity index is 531. The highest BCUT2D eigenvalue weighted by Gasteiger charge is 2.09. The molecule has 2 heterocycles. The smallest absolute Gasteiger partial charge is 0.152 e. The van der Waals surface area contributed by atoms with Gasteiger partial charge < -0.3 is 11.1 Å². The first kappa shape index (κ1) is 11.4. The van der Waals surface area contributed by atoms with Crippen molar-refractivity contribution in [2.75, 3.05) is 11.1 Å². The van der Waals surface area contributed by atoms with E-state index in [0.29, 0.717) is 18.1 Å². The first-order chi connectivity index (χ1) is 8.09. The van der Waals surface area contributed by atoms with Crippen LogP contribution < -0.4 is 11.1 Å². The van der Waals surface area contributed by atoms with E-state index < -0.39 is 0 Å². The molecule has 0 radical (unpaired) electrons. The highest BCUT2D eigenvalue weighted by molar-refractivity contribution is 5.59. The average molecular weight is 232 g/mol. The van der Waals surface area contributed by atoms with E-state index in [0.717, 1.165) is 11.4 Å². The lowest BCUT2D eigenvalue weighted by atomic mass is 10.2. The zero-order valence-electron chi connectivity index (χ0n) is 10.2. The molecule has 0 saturated heterocycles. The van der Waals surface area contributed by atoms with Gasteiger partial charge in [-0.05, 0) is 13.8 Å². The summed E-state index contributed by atoms with van der Waals surface area (Å²) in [6, 6.07) is 0. The Hall–Kier alpha value is -2.11. The van der Waals surface area contributed by atoms with Gasteiger partial charge in [0.2, 0.25) is 0 Å². The van der Waals surface area contributed by atoms with E-state index in [-0.39, 0.29) is 0 Å². The van der Waals surface area contributed by atoms with Crippen molar-refractivity contribution in [1.82, 2.24) is 19.7 Å². The fourth-order valence-electron chi connectivity index (χ4n) is 1.73. The maximum atomic E-state index is 5.76. The molecule has 0 fully saturated rings. The van der Waals surface area contributed by atoms with Crippen molar-refractivity contribution in [2.24, 2.45) is 7.05 Å². The van der Waals surface area contributed by atoms with Crippen LogP contribution in [0.15, 0.2) is 12.5 Å². The number of anilines is 2. The van der Waals surface area contributed by atoms with Crippen LogP contribution in [0.5, 0.6) is 0 Å². The molecule has 2 aromatic rings. The lowest BCUT2D eigenvalue weighted by Crippen LogP contribution is -2.06. The first-order valence-electron chi connectivity index (χ1n) is 5.38. The lowest BCUT2D eigenvalue weighted by Gasteiger charge is -2.07. The Balaban J connectivity index is 2.15. The van der Waals surface area contributed by atoms with Gasteiger partial charge in [-0.2, -0.15) is 5.10 Å². The van der Waals surface area contributed by atoms with Gasteiger partial charge >= 0.3 is 0 Å². The summed E-state index contributed by atoms with van der Waals surface area (Å²) < 4.78 is 1.87. The van der Waals surface area contributed by atoms with Crippen LogP contribution in [0, 0.1) is 13.8 Å². The molecule has 2 aromatic heterocycles. The number of hydrogen-bond donors (Lipinski definition) is 2. The normalized spacial score (nSPS) is 10.5. The number of nitrogens with zero attached hydrogens (tertiary/aromatic N) is 4. The van der Waals surface area contributed by atoms with Gasteiger partial charge in [0.1, 0.15) is 6.33 Å². The van der Waals surface area contributed by atoms with Crippen molar-refractivity contribution in [3.63, 3.8) is 0 Å². The van der Waals surface area contributed by atoms with Gasteiger partial charge in [0, 0.05) is 24.8 Å². The Morgan fingerprint density at radius 1 is 1.41 bits per heavy atom. The molecule has 0 aliphatic heterocycles. The van der Waals surface area contributed by atoms with E-state index in [1.807, 2.05) is 25.6 Å². The molecule has 2 rings (SSSR count). The summed E-state index contributed by atoms with van der Waals surface area (Å²) in [7, 11) is 1.94. The van der Waals surface area contributed by atoms with E-state index in [1.165, 1.54) is 11.9 Å². The van der Waals surface area contributed by atoms with Crippen LogP contribution in [0.25, 0.3) is 0 Å². The average Bonchev–Trinajstić information content (AvgIpc) is 2.53. The maximum absolute atomic E-state index is 5.76. The van der Waals surface area contributed by atoms with Crippen molar-refractivity contribution >= 4 is 11.5 Å². The molecule has 0 atom stereocenters. The van der Waals surface area contributed by atoms with Crippen LogP contribution in [-0.2, 0) is 13.6 Å². The molecule has 0 spiro atoms. The molecule has 0 aromatic carbocycles. The van der Waals surface area contributed by atoms with Gasteiger partial charge in [0.25, 0.3) is 0 Å². The van der Waals surface area contributed by atoms with Crippen LogP contribution in [0.2, 0.25) is 0 Å². The number of aromatic nitrogens is 4. The number of nitrogens with one attached hydrogen (secondary N) is 1. The van der Waals surface area contributed by atoms with E-state index in [1.54, 1.807) is 6.20 Å². The standard InChI is InChI=1S/C11H16N6/c1-7-9(8(2)17(3)16-7)4-14-11-10(12)5-13-6-15-11/h5-6H,4,12H2,1-3H3,(H,13,14,15). The SMILES string of the molecule is Cc1nn(C)c(C)c1CNc1ncncc1N. The van der Waals surface area contributed by atoms with E-state index >= 15 is 0 Å². The van der Waals surface area contributed by atoms with Gasteiger partial charge in [-0.1, -0.05) is 0 Å². The molecule has 0 aliphatic carbocycles. The molecule has 17 heavy (non-hydrogen) atoms. The molecule has 90 valence electrons. The Labute approximate surface area is 99.9 Å². The van der Waals surface area contributed by atoms with Crippen LogP contribution in [0.1, 0.15) is 17.0 Å². The molecule has 0 unspecified atom stereocenters. The second-order valence-electron chi connectivity index (χ2n) is 3.95. The summed E-state index contributed by atoms with van der Waals surface area (Å²) in [4.78, 5) is 7.93. The zero-order chi connectivity index (χ0) is 12.4. The zero-order valence-corrected chi connectivity index (χ0v) is 10.2. The third-order valence-corrected chi connectivity index (χ3v) is 2.83. The molecule has 6 nitrogen and oxygen atoms in total. The molecular weight excluding hydrogens is 216 g/mol. The summed E-state index contributed by atoms with van der Waals surface area (Å²) in [5.74, 6) is 0.655. The van der Waals surface area contributed by atoms with Crippen LogP contribution >= 0.6 is 0 Å². The third kappa shape index (κ3) is 2.20. The topological polar surface area (TPSA) is 81.7 Å². The molecule has 6 heteroatoms. The highest BCUT2D eigenvalue weighted by Crippen LogP contribution is 2.16. The first-order valence-corrected chi connectivity index (χ1v) is 5.38. The molecule has 0 saturated carbocycles. The summed E-state index contributed by atoms with van der Waals surface area (Å²) in [6.07, 6.45) is 3.06. The van der Waals surface area contributed by atoms with Crippen molar-refractivity contribution < 1.29 is 0 Å². The van der Waals surface area contributed by atoms with Gasteiger partial charge in [-0.25, -0.2) is 9.97 Å². The molecule has 3 N–H and O–H groups in total. The Kier molecular flexibility index (Phi) is 2.95. The lowest BCUT2D eigenvalue weighted by molar-refractivity contribution is 0.730. The maximum Gasteiger partial charge on any atom is 0.152 e. The number of nitrogens with two attached hydrogens (primary N) is 1. The Morgan fingerprint density at radius 2 is 2.18 bits per heavy atom. The molecule has 0 bridgehead atoms. The number of hydrogen-bond acceptors (Lipinski definition) is 5.